The Labute approximate surface area is 134 Å². The van der Waals surface area contributed by atoms with Crippen LogP contribution in [0.4, 0.5) is 5.00 Å². The first-order valence-electron chi connectivity index (χ1n) is 7.65. The summed E-state index contributed by atoms with van der Waals surface area (Å²) < 4.78 is 10.3. The van der Waals surface area contributed by atoms with Gasteiger partial charge in [0.15, 0.2) is 6.54 Å². The van der Waals surface area contributed by atoms with Crippen LogP contribution in [0, 0.1) is 0 Å². The maximum atomic E-state index is 12.2. The molecule has 0 aliphatic carbocycles. The number of anilines is 1. The highest BCUT2D eigenvalue weighted by molar-refractivity contribution is 7.16. The Bertz CT molecular complexity index is 524. The minimum absolute atomic E-state index is 0.0769. The van der Waals surface area contributed by atoms with Crippen molar-refractivity contribution in [2.75, 3.05) is 44.8 Å². The first-order chi connectivity index (χ1) is 10.6. The smallest absolute Gasteiger partial charge is 0.341 e. The van der Waals surface area contributed by atoms with Crippen LogP contribution in [-0.2, 0) is 20.7 Å². The molecule has 122 valence electrons. The summed E-state index contributed by atoms with van der Waals surface area (Å²) in [6.07, 6.45) is 0.821. The van der Waals surface area contributed by atoms with Gasteiger partial charge in [-0.15, -0.1) is 11.3 Å². The number of aryl methyl sites for hydroxylation is 1. The topological polar surface area (TPSA) is 69.1 Å². The lowest BCUT2D eigenvalue weighted by molar-refractivity contribution is -0.899. The number of morpholine rings is 1. The van der Waals surface area contributed by atoms with Crippen molar-refractivity contribution < 1.29 is 24.0 Å². The van der Waals surface area contributed by atoms with Gasteiger partial charge in [0.1, 0.15) is 18.1 Å². The Balaban J connectivity index is 2.02. The number of amides is 1. The Morgan fingerprint density at radius 1 is 1.36 bits per heavy atom. The zero-order chi connectivity index (χ0) is 15.9. The van der Waals surface area contributed by atoms with E-state index in [0.29, 0.717) is 36.9 Å². The molecule has 0 spiro atoms. The first-order valence-corrected chi connectivity index (χ1v) is 8.46. The van der Waals surface area contributed by atoms with Crippen LogP contribution in [0.25, 0.3) is 0 Å². The van der Waals surface area contributed by atoms with Gasteiger partial charge in [-0.2, -0.15) is 0 Å². The van der Waals surface area contributed by atoms with Crippen LogP contribution >= 0.6 is 11.3 Å². The molecule has 0 radical (unpaired) electrons. The highest BCUT2D eigenvalue weighted by Gasteiger charge is 2.22. The first kappa shape index (κ1) is 16.9. The fourth-order valence-electron chi connectivity index (χ4n) is 2.30. The van der Waals surface area contributed by atoms with Crippen molar-refractivity contribution in [2.45, 2.75) is 20.3 Å². The number of thiophene rings is 1. The van der Waals surface area contributed by atoms with Crippen molar-refractivity contribution in [3.8, 4) is 0 Å². The fourth-order valence-corrected chi connectivity index (χ4v) is 3.30. The van der Waals surface area contributed by atoms with Crippen LogP contribution in [0.5, 0.6) is 0 Å². The number of hydrogen-bond acceptors (Lipinski definition) is 5. The molecule has 6 nitrogen and oxygen atoms in total. The zero-order valence-electron chi connectivity index (χ0n) is 13.1. The molecule has 2 rings (SSSR count). The molecule has 0 bridgehead atoms. The van der Waals surface area contributed by atoms with E-state index in [0.717, 1.165) is 24.4 Å². The van der Waals surface area contributed by atoms with E-state index in [4.69, 9.17) is 9.47 Å². The van der Waals surface area contributed by atoms with Gasteiger partial charge in [-0.1, -0.05) is 6.92 Å². The lowest BCUT2D eigenvalue weighted by Gasteiger charge is -2.22. The minimum atomic E-state index is -0.382. The number of esters is 1. The quantitative estimate of drug-likeness (QED) is 0.740. The van der Waals surface area contributed by atoms with Gasteiger partial charge in [-0.05, 0) is 19.4 Å². The van der Waals surface area contributed by atoms with Crippen molar-refractivity contribution in [3.63, 3.8) is 0 Å². The number of nitrogens with one attached hydrogen (secondary N) is 2. The maximum absolute atomic E-state index is 12.2. The Morgan fingerprint density at radius 3 is 2.73 bits per heavy atom. The number of hydrogen-bond donors (Lipinski definition) is 2. The van der Waals surface area contributed by atoms with Crippen LogP contribution in [0.3, 0.4) is 0 Å². The van der Waals surface area contributed by atoms with Gasteiger partial charge in [0, 0.05) is 4.88 Å². The highest BCUT2D eigenvalue weighted by atomic mass is 32.1. The number of carbonyl (C=O) groups excluding carboxylic acids is 2. The molecule has 1 aromatic heterocycles. The van der Waals surface area contributed by atoms with E-state index in [1.54, 1.807) is 13.0 Å². The molecule has 1 aliphatic rings. The zero-order valence-corrected chi connectivity index (χ0v) is 13.9. The Morgan fingerprint density at radius 2 is 2.09 bits per heavy atom. The van der Waals surface area contributed by atoms with Crippen LogP contribution < -0.4 is 10.2 Å². The third-order valence-corrected chi connectivity index (χ3v) is 4.69. The molecular weight excluding hydrogens is 304 g/mol. The average Bonchev–Trinajstić information content (AvgIpc) is 2.91. The molecule has 0 atom stereocenters. The van der Waals surface area contributed by atoms with Crippen LogP contribution in [0.15, 0.2) is 6.07 Å². The van der Waals surface area contributed by atoms with E-state index >= 15 is 0 Å². The molecule has 1 aromatic rings. The van der Waals surface area contributed by atoms with Crippen LogP contribution in [-0.4, -0.2) is 51.3 Å². The monoisotopic (exact) mass is 327 g/mol. The van der Waals surface area contributed by atoms with E-state index in [-0.39, 0.29) is 11.9 Å². The average molecular weight is 327 g/mol. The van der Waals surface area contributed by atoms with E-state index in [2.05, 4.69) is 5.32 Å². The second-order valence-corrected chi connectivity index (χ2v) is 6.25. The number of carbonyl (C=O) groups is 2. The fraction of sp³-hybridized carbons (Fsp3) is 0.600. The molecule has 22 heavy (non-hydrogen) atoms. The molecule has 7 heteroatoms. The SMILES string of the molecule is CCOC(=O)c1cc(CC)sc1NC(=O)C[NH+]1CCOCC1. The predicted molar refractivity (Wildman–Crippen MR) is 84.7 cm³/mol. The van der Waals surface area contributed by atoms with E-state index in [1.807, 2.05) is 6.92 Å². The molecule has 0 saturated carbocycles. The summed E-state index contributed by atoms with van der Waals surface area (Å²) in [5, 5.41) is 3.46. The molecule has 0 aromatic carbocycles. The summed E-state index contributed by atoms with van der Waals surface area (Å²) in [6, 6.07) is 1.81. The summed E-state index contributed by atoms with van der Waals surface area (Å²) in [7, 11) is 0. The van der Waals surface area contributed by atoms with Gasteiger partial charge in [0.25, 0.3) is 5.91 Å². The van der Waals surface area contributed by atoms with Gasteiger partial charge < -0.3 is 19.7 Å². The van der Waals surface area contributed by atoms with Crippen molar-refractivity contribution in [1.82, 2.24) is 0 Å². The van der Waals surface area contributed by atoms with Crippen molar-refractivity contribution in [3.05, 3.63) is 16.5 Å². The molecule has 1 aliphatic heterocycles. The lowest BCUT2D eigenvalue weighted by atomic mass is 10.2. The lowest BCUT2D eigenvalue weighted by Crippen LogP contribution is -3.15. The number of quaternary nitrogens is 1. The number of rotatable bonds is 6. The third-order valence-electron chi connectivity index (χ3n) is 3.49. The molecular formula is C15H23N2O4S+. The predicted octanol–water partition coefficient (Wildman–Crippen LogP) is 0.341. The number of ether oxygens (including phenoxy) is 2. The summed E-state index contributed by atoms with van der Waals surface area (Å²) in [6.45, 7) is 7.55. The minimum Gasteiger partial charge on any atom is -0.462 e. The summed E-state index contributed by atoms with van der Waals surface area (Å²) in [5.41, 5.74) is 0.453. The summed E-state index contributed by atoms with van der Waals surface area (Å²) in [4.78, 5) is 26.4. The second kappa shape index (κ2) is 8.26. The molecule has 0 unspecified atom stereocenters. The molecule has 2 N–H and O–H groups in total. The van der Waals surface area contributed by atoms with E-state index in [1.165, 1.54) is 16.2 Å². The molecule has 1 saturated heterocycles. The maximum Gasteiger partial charge on any atom is 0.341 e. The Hall–Kier alpha value is -1.44. The van der Waals surface area contributed by atoms with E-state index < -0.39 is 0 Å². The van der Waals surface area contributed by atoms with Gasteiger partial charge in [0.05, 0.1) is 25.4 Å². The van der Waals surface area contributed by atoms with Gasteiger partial charge in [0.2, 0.25) is 0 Å². The summed E-state index contributed by atoms with van der Waals surface area (Å²) in [5.74, 6) is -0.459. The third kappa shape index (κ3) is 4.53. The van der Waals surface area contributed by atoms with Gasteiger partial charge >= 0.3 is 5.97 Å². The molecule has 1 fully saturated rings. The molecule has 2 heterocycles. The second-order valence-electron chi connectivity index (χ2n) is 5.12. The van der Waals surface area contributed by atoms with Gasteiger partial charge in [-0.3, -0.25) is 4.79 Å². The van der Waals surface area contributed by atoms with Crippen molar-refractivity contribution in [1.29, 1.82) is 0 Å². The standard InChI is InChI=1S/C15H22N2O4S/c1-3-11-9-12(15(19)21-4-2)14(22-11)16-13(18)10-17-5-7-20-8-6-17/h9H,3-8,10H2,1-2H3,(H,16,18)/p+1. The normalized spacial score (nSPS) is 15.5. The van der Waals surface area contributed by atoms with Crippen LogP contribution in [0.1, 0.15) is 29.1 Å². The largest absolute Gasteiger partial charge is 0.462 e. The van der Waals surface area contributed by atoms with Crippen molar-refractivity contribution >= 4 is 28.2 Å². The summed E-state index contributed by atoms with van der Waals surface area (Å²) >= 11 is 1.44. The molecule has 1 amide bonds. The van der Waals surface area contributed by atoms with Crippen molar-refractivity contribution in [2.24, 2.45) is 0 Å². The van der Waals surface area contributed by atoms with Crippen LogP contribution in [0.2, 0.25) is 0 Å². The Kier molecular flexibility index (Phi) is 6.35. The van der Waals surface area contributed by atoms with Gasteiger partial charge in [-0.25, -0.2) is 4.79 Å². The van der Waals surface area contributed by atoms with E-state index in [9.17, 15) is 9.59 Å². The highest BCUT2D eigenvalue weighted by Crippen LogP contribution is 2.29.